The van der Waals surface area contributed by atoms with Crippen molar-refractivity contribution in [2.24, 2.45) is 0 Å². The van der Waals surface area contributed by atoms with Crippen LogP contribution in [0, 0.1) is 0 Å². The third-order valence-corrected chi connectivity index (χ3v) is 5.26. The Labute approximate surface area is 175 Å². The molecule has 0 aromatic carbocycles. The van der Waals surface area contributed by atoms with E-state index in [2.05, 4.69) is 17.5 Å². The van der Waals surface area contributed by atoms with Gasteiger partial charge in [0.2, 0.25) is 12.2 Å². The number of fused-ring (bicyclic) bond motifs is 1. The van der Waals surface area contributed by atoms with Crippen molar-refractivity contribution in [1.29, 1.82) is 0 Å². The van der Waals surface area contributed by atoms with Gasteiger partial charge in [-0.1, -0.05) is 20.4 Å². The molecule has 2 aliphatic heterocycles. The number of hydrogen-bond acceptors (Lipinski definition) is 6. The first kappa shape index (κ1) is 23.3. The standard InChI is InChI=1S/C20H30N4O3.C2H6/c1-14(2)24-8-6-7-15-11-16(12-23-10-9-22(3)13-17(23)25)18(21-19(15)24)20(26-4)27-5;1-2/h11,20H,1,6-10,12-13H2,2-5H3;1-2H3. The van der Waals surface area contributed by atoms with E-state index in [-0.39, 0.29) is 5.91 Å². The topological polar surface area (TPSA) is 58.1 Å². The van der Waals surface area contributed by atoms with E-state index in [0.717, 1.165) is 48.7 Å². The third kappa shape index (κ3) is 5.35. The molecule has 1 amide bonds. The summed E-state index contributed by atoms with van der Waals surface area (Å²) in [6, 6.07) is 2.17. The number of aromatic nitrogens is 1. The molecule has 0 radical (unpaired) electrons. The zero-order valence-corrected chi connectivity index (χ0v) is 18.8. The van der Waals surface area contributed by atoms with Crippen LogP contribution < -0.4 is 4.90 Å². The number of nitrogens with zero attached hydrogens (tertiary/aromatic N) is 4. The molecule has 7 nitrogen and oxygen atoms in total. The predicted octanol–water partition coefficient (Wildman–Crippen LogP) is 2.96. The number of pyridine rings is 1. The van der Waals surface area contributed by atoms with Crippen molar-refractivity contribution >= 4 is 11.7 Å². The Morgan fingerprint density at radius 3 is 2.52 bits per heavy atom. The van der Waals surface area contributed by atoms with Gasteiger partial charge in [0.05, 0.1) is 6.54 Å². The number of ether oxygens (including phenoxy) is 2. The third-order valence-electron chi connectivity index (χ3n) is 5.26. The van der Waals surface area contributed by atoms with Crippen LogP contribution >= 0.6 is 0 Å². The van der Waals surface area contributed by atoms with Gasteiger partial charge in [0.25, 0.3) is 0 Å². The molecule has 7 heteroatoms. The summed E-state index contributed by atoms with van der Waals surface area (Å²) < 4.78 is 11.0. The molecule has 3 rings (SSSR count). The summed E-state index contributed by atoms with van der Waals surface area (Å²) in [5, 5.41) is 0. The van der Waals surface area contributed by atoms with Crippen molar-refractivity contribution in [2.45, 2.75) is 46.4 Å². The van der Waals surface area contributed by atoms with E-state index in [0.29, 0.717) is 19.6 Å². The minimum atomic E-state index is -0.568. The Balaban J connectivity index is 0.00000145. The van der Waals surface area contributed by atoms with Crippen LogP contribution in [0.1, 0.15) is 50.3 Å². The van der Waals surface area contributed by atoms with Crippen molar-refractivity contribution in [3.63, 3.8) is 0 Å². The predicted molar refractivity (Wildman–Crippen MR) is 116 cm³/mol. The number of hydrogen-bond donors (Lipinski definition) is 0. The maximum atomic E-state index is 12.4. The summed E-state index contributed by atoms with van der Waals surface area (Å²) in [7, 11) is 5.19. The van der Waals surface area contributed by atoms with Gasteiger partial charge in [-0.05, 0) is 44.0 Å². The monoisotopic (exact) mass is 404 g/mol. The number of piperazine rings is 1. The molecule has 162 valence electrons. The molecule has 0 spiro atoms. The Kier molecular flexibility index (Phi) is 8.61. The molecule has 0 unspecified atom stereocenters. The van der Waals surface area contributed by atoms with Gasteiger partial charge in [-0.25, -0.2) is 4.98 Å². The summed E-state index contributed by atoms with van der Waals surface area (Å²) in [5.74, 6) is 1.07. The zero-order valence-electron chi connectivity index (χ0n) is 18.8. The molecule has 1 aromatic heterocycles. The minimum Gasteiger partial charge on any atom is -0.350 e. The van der Waals surface area contributed by atoms with Gasteiger partial charge in [0.15, 0.2) is 0 Å². The Morgan fingerprint density at radius 2 is 1.93 bits per heavy atom. The normalized spacial score (nSPS) is 17.1. The number of carbonyl (C=O) groups is 1. The lowest BCUT2D eigenvalue weighted by Crippen LogP contribution is -2.48. The van der Waals surface area contributed by atoms with Gasteiger partial charge < -0.3 is 19.3 Å². The van der Waals surface area contributed by atoms with E-state index in [4.69, 9.17) is 14.5 Å². The number of rotatable bonds is 6. The van der Waals surface area contributed by atoms with E-state index >= 15 is 0 Å². The van der Waals surface area contributed by atoms with Crippen LogP contribution in [-0.2, 0) is 27.2 Å². The fourth-order valence-corrected chi connectivity index (χ4v) is 3.78. The molecule has 3 heterocycles. The van der Waals surface area contributed by atoms with Gasteiger partial charge in [-0.3, -0.25) is 9.69 Å². The van der Waals surface area contributed by atoms with Crippen molar-refractivity contribution < 1.29 is 14.3 Å². The van der Waals surface area contributed by atoms with Crippen LogP contribution in [0.2, 0.25) is 0 Å². The molecule has 0 aliphatic carbocycles. The molecular weight excluding hydrogens is 368 g/mol. The van der Waals surface area contributed by atoms with Crippen LogP contribution in [0.5, 0.6) is 0 Å². The second-order valence-electron chi connectivity index (χ2n) is 7.36. The summed E-state index contributed by atoms with van der Waals surface area (Å²) in [6.07, 6.45) is 1.47. The second kappa shape index (κ2) is 10.7. The van der Waals surface area contributed by atoms with Crippen LogP contribution in [0.15, 0.2) is 18.3 Å². The van der Waals surface area contributed by atoms with Gasteiger partial charge >= 0.3 is 0 Å². The molecule has 0 atom stereocenters. The minimum absolute atomic E-state index is 0.141. The van der Waals surface area contributed by atoms with E-state index in [1.165, 1.54) is 5.56 Å². The molecule has 1 aromatic rings. The highest BCUT2D eigenvalue weighted by molar-refractivity contribution is 5.79. The van der Waals surface area contributed by atoms with Crippen molar-refractivity contribution in [3.05, 3.63) is 35.2 Å². The molecule has 0 bridgehead atoms. The molecule has 2 aliphatic rings. The Hall–Kier alpha value is -1.96. The summed E-state index contributed by atoms with van der Waals surface area (Å²) in [6.45, 7) is 13.6. The zero-order chi connectivity index (χ0) is 21.6. The van der Waals surface area contributed by atoms with Crippen LogP contribution in [0.4, 0.5) is 5.82 Å². The lowest BCUT2D eigenvalue weighted by atomic mass is 10.0. The first-order chi connectivity index (χ1) is 13.9. The number of methoxy groups -OCH3 is 2. The van der Waals surface area contributed by atoms with E-state index in [1.54, 1.807) is 14.2 Å². The SMILES string of the molecule is C=C(C)N1CCCc2cc(CN3CCN(C)CC3=O)c(C(OC)OC)nc21.CC. The van der Waals surface area contributed by atoms with Crippen molar-refractivity contribution in [3.8, 4) is 0 Å². The largest absolute Gasteiger partial charge is 0.350 e. The smallest absolute Gasteiger partial charge is 0.237 e. The molecule has 29 heavy (non-hydrogen) atoms. The summed E-state index contributed by atoms with van der Waals surface area (Å²) in [5.41, 5.74) is 3.89. The molecule has 1 fully saturated rings. The lowest BCUT2D eigenvalue weighted by molar-refractivity contribution is -0.136. The van der Waals surface area contributed by atoms with Crippen LogP contribution in [0.3, 0.4) is 0 Å². The summed E-state index contributed by atoms with van der Waals surface area (Å²) in [4.78, 5) is 23.5. The molecule has 0 N–H and O–H groups in total. The van der Waals surface area contributed by atoms with E-state index in [9.17, 15) is 4.79 Å². The number of amides is 1. The Bertz CT molecular complexity index is 718. The first-order valence-corrected chi connectivity index (χ1v) is 10.4. The molecule has 0 saturated carbocycles. The van der Waals surface area contributed by atoms with Crippen molar-refractivity contribution in [1.82, 2.24) is 14.8 Å². The van der Waals surface area contributed by atoms with E-state index < -0.39 is 6.29 Å². The average molecular weight is 405 g/mol. The summed E-state index contributed by atoms with van der Waals surface area (Å²) >= 11 is 0. The highest BCUT2D eigenvalue weighted by Crippen LogP contribution is 2.33. The maximum Gasteiger partial charge on any atom is 0.237 e. The number of likely N-dealkylation sites (N-methyl/N-ethyl adjacent to an activating group) is 1. The molecular formula is C22H36N4O3. The second-order valence-corrected chi connectivity index (χ2v) is 7.36. The number of anilines is 1. The van der Waals surface area contributed by atoms with Gasteiger partial charge in [0.1, 0.15) is 11.5 Å². The molecule has 1 saturated heterocycles. The van der Waals surface area contributed by atoms with Crippen LogP contribution in [-0.4, -0.2) is 68.1 Å². The quantitative estimate of drug-likeness (QED) is 0.680. The lowest BCUT2D eigenvalue weighted by Gasteiger charge is -2.35. The number of allylic oxidation sites excluding steroid dienone is 1. The highest BCUT2D eigenvalue weighted by atomic mass is 16.7. The van der Waals surface area contributed by atoms with Crippen molar-refractivity contribution in [2.75, 3.05) is 52.3 Å². The maximum absolute atomic E-state index is 12.4. The van der Waals surface area contributed by atoms with E-state index in [1.807, 2.05) is 37.6 Å². The number of carbonyl (C=O) groups excluding carboxylic acids is 1. The number of aryl methyl sites for hydroxylation is 1. The fraction of sp³-hybridized carbons (Fsp3) is 0.636. The van der Waals surface area contributed by atoms with Gasteiger partial charge in [0, 0.05) is 46.1 Å². The highest BCUT2D eigenvalue weighted by Gasteiger charge is 2.28. The fourth-order valence-electron chi connectivity index (χ4n) is 3.78. The van der Waals surface area contributed by atoms with Crippen LogP contribution in [0.25, 0.3) is 0 Å². The van der Waals surface area contributed by atoms with Gasteiger partial charge in [-0.2, -0.15) is 0 Å². The van der Waals surface area contributed by atoms with Gasteiger partial charge in [-0.15, -0.1) is 0 Å². The first-order valence-electron chi connectivity index (χ1n) is 10.4. The Morgan fingerprint density at radius 1 is 1.24 bits per heavy atom. The average Bonchev–Trinajstić information content (AvgIpc) is 2.72.